The van der Waals surface area contributed by atoms with Crippen LogP contribution in [0.2, 0.25) is 0 Å². The minimum atomic E-state index is -0.157. The fourth-order valence-electron chi connectivity index (χ4n) is 5.83. The average Bonchev–Trinajstić information content (AvgIpc) is 3.02. The molecule has 136 valence electrons. The first-order valence-electron chi connectivity index (χ1n) is 9.51. The van der Waals surface area contributed by atoms with E-state index in [0.29, 0.717) is 5.82 Å². The van der Waals surface area contributed by atoms with Gasteiger partial charge in [-0.15, -0.1) is 0 Å². The molecular weight excluding hydrogens is 328 g/mol. The fraction of sp³-hybridized carbons (Fsp3) is 0.500. The maximum absolute atomic E-state index is 12.6. The molecule has 4 fully saturated rings. The van der Waals surface area contributed by atoms with E-state index in [9.17, 15) is 9.90 Å². The zero-order valence-electron chi connectivity index (χ0n) is 14.7. The summed E-state index contributed by atoms with van der Waals surface area (Å²) in [5.74, 6) is 3.13. The molecule has 0 aliphatic heterocycles. The Labute approximate surface area is 152 Å². The number of phenolic OH excluding ortho intramolecular Hbond substituents is 1. The van der Waals surface area contributed by atoms with E-state index in [2.05, 4.69) is 20.8 Å². The van der Waals surface area contributed by atoms with Crippen LogP contribution < -0.4 is 10.6 Å². The normalized spacial score (nSPS) is 31.8. The fourth-order valence-corrected chi connectivity index (χ4v) is 5.83. The second-order valence-electron chi connectivity index (χ2n) is 8.49. The minimum absolute atomic E-state index is 0.00503. The summed E-state index contributed by atoms with van der Waals surface area (Å²) < 4.78 is 0. The van der Waals surface area contributed by atoms with Crippen LogP contribution in [0.5, 0.6) is 5.75 Å². The zero-order chi connectivity index (χ0) is 17.7. The first kappa shape index (κ1) is 15.7. The van der Waals surface area contributed by atoms with Gasteiger partial charge in [0.05, 0.1) is 5.69 Å². The van der Waals surface area contributed by atoms with E-state index in [1.165, 1.54) is 19.3 Å². The summed E-state index contributed by atoms with van der Waals surface area (Å²) in [4.78, 5) is 12.6. The molecule has 0 spiro atoms. The van der Waals surface area contributed by atoms with Gasteiger partial charge >= 0.3 is 6.03 Å². The van der Waals surface area contributed by atoms with Crippen LogP contribution in [0.1, 0.15) is 38.5 Å². The lowest BCUT2D eigenvalue weighted by atomic mass is 9.53. The minimum Gasteiger partial charge on any atom is -0.508 e. The standard InChI is InChI=1S/C20H24N4O2/c25-16-3-1-15(2-4-16)17-8-18(24-23-17)21-19(26)22-20-9-12-5-13(10-20)7-14(6-12)11-20/h1-4,8,12-14,25H,5-7,9-11H2,(H3,21,22,23,24,26). The van der Waals surface area contributed by atoms with Crippen molar-refractivity contribution in [1.82, 2.24) is 15.5 Å². The summed E-state index contributed by atoms with van der Waals surface area (Å²) in [6.07, 6.45) is 7.47. The Hall–Kier alpha value is -2.50. The SMILES string of the molecule is O=C(Nc1cc(-c2ccc(O)cc2)[nH]n1)NC12CC3CC(CC(C3)C1)C2. The molecule has 4 bridgehead atoms. The summed E-state index contributed by atoms with van der Waals surface area (Å²) in [7, 11) is 0. The smallest absolute Gasteiger partial charge is 0.320 e. The molecule has 1 aromatic heterocycles. The van der Waals surface area contributed by atoms with Crippen molar-refractivity contribution in [2.45, 2.75) is 44.1 Å². The molecule has 1 aromatic carbocycles. The van der Waals surface area contributed by atoms with Crippen LogP contribution in [-0.4, -0.2) is 26.9 Å². The van der Waals surface area contributed by atoms with Gasteiger partial charge in [-0.1, -0.05) is 0 Å². The van der Waals surface area contributed by atoms with Crippen LogP contribution in [0.25, 0.3) is 11.3 Å². The summed E-state index contributed by atoms with van der Waals surface area (Å²) in [6, 6.07) is 8.53. The van der Waals surface area contributed by atoms with Gasteiger partial charge in [0, 0.05) is 11.6 Å². The molecule has 0 radical (unpaired) electrons. The molecule has 0 atom stereocenters. The number of rotatable bonds is 3. The van der Waals surface area contributed by atoms with E-state index in [-0.39, 0.29) is 17.3 Å². The maximum Gasteiger partial charge on any atom is 0.320 e. The molecule has 26 heavy (non-hydrogen) atoms. The number of hydrogen-bond acceptors (Lipinski definition) is 3. The molecule has 6 heteroatoms. The maximum atomic E-state index is 12.6. The number of urea groups is 1. The Morgan fingerprint density at radius 3 is 2.31 bits per heavy atom. The van der Waals surface area contributed by atoms with E-state index in [0.717, 1.165) is 48.3 Å². The number of amides is 2. The molecule has 1 heterocycles. The third-order valence-electron chi connectivity index (χ3n) is 6.41. The Kier molecular flexibility index (Phi) is 3.48. The zero-order valence-corrected chi connectivity index (χ0v) is 14.7. The summed E-state index contributed by atoms with van der Waals surface area (Å²) in [6.45, 7) is 0. The number of nitrogens with one attached hydrogen (secondary N) is 3. The van der Waals surface area contributed by atoms with Gasteiger partial charge in [0.2, 0.25) is 0 Å². The average molecular weight is 352 g/mol. The number of aromatic hydroxyl groups is 1. The number of H-pyrrole nitrogens is 1. The van der Waals surface area contributed by atoms with Crippen molar-refractivity contribution in [2.75, 3.05) is 5.32 Å². The van der Waals surface area contributed by atoms with Gasteiger partial charge in [-0.3, -0.25) is 10.4 Å². The van der Waals surface area contributed by atoms with Crippen molar-refractivity contribution < 1.29 is 9.90 Å². The van der Waals surface area contributed by atoms with Crippen molar-refractivity contribution in [3.05, 3.63) is 30.3 Å². The van der Waals surface area contributed by atoms with E-state index < -0.39 is 0 Å². The van der Waals surface area contributed by atoms with Crippen LogP contribution in [0.3, 0.4) is 0 Å². The molecule has 2 aromatic rings. The summed E-state index contributed by atoms with van der Waals surface area (Å²) >= 11 is 0. The lowest BCUT2D eigenvalue weighted by molar-refractivity contribution is -0.0127. The highest BCUT2D eigenvalue weighted by molar-refractivity contribution is 5.89. The number of aromatic amines is 1. The topological polar surface area (TPSA) is 90.0 Å². The predicted octanol–water partition coefficient (Wildman–Crippen LogP) is 3.87. The van der Waals surface area contributed by atoms with E-state index >= 15 is 0 Å². The summed E-state index contributed by atoms with van der Waals surface area (Å²) in [5.41, 5.74) is 1.70. The number of carbonyl (C=O) groups excluding carboxylic acids is 1. The molecule has 4 N–H and O–H groups in total. The summed E-state index contributed by atoms with van der Waals surface area (Å²) in [5, 5.41) is 22.7. The predicted molar refractivity (Wildman–Crippen MR) is 98.7 cm³/mol. The highest BCUT2D eigenvalue weighted by Gasteiger charge is 2.51. The molecule has 0 unspecified atom stereocenters. The molecular formula is C20H24N4O2. The van der Waals surface area contributed by atoms with Gasteiger partial charge in [-0.25, -0.2) is 4.79 Å². The highest BCUT2D eigenvalue weighted by Crippen LogP contribution is 2.55. The third-order valence-corrected chi connectivity index (χ3v) is 6.41. The first-order valence-corrected chi connectivity index (χ1v) is 9.51. The second-order valence-corrected chi connectivity index (χ2v) is 8.49. The van der Waals surface area contributed by atoms with Crippen molar-refractivity contribution >= 4 is 11.8 Å². The third kappa shape index (κ3) is 2.83. The number of aromatic nitrogens is 2. The van der Waals surface area contributed by atoms with Gasteiger partial charge in [0.1, 0.15) is 5.75 Å². The van der Waals surface area contributed by atoms with Crippen molar-refractivity contribution in [2.24, 2.45) is 17.8 Å². The van der Waals surface area contributed by atoms with Crippen molar-refractivity contribution in [3.8, 4) is 17.0 Å². The monoisotopic (exact) mass is 352 g/mol. The van der Waals surface area contributed by atoms with Crippen molar-refractivity contribution in [1.29, 1.82) is 0 Å². The lowest BCUT2D eigenvalue weighted by Gasteiger charge is -2.56. The number of benzene rings is 1. The second kappa shape index (κ2) is 5.76. The Morgan fingerprint density at radius 2 is 1.69 bits per heavy atom. The van der Waals surface area contributed by atoms with Gasteiger partial charge in [-0.05, 0) is 86.1 Å². The van der Waals surface area contributed by atoms with E-state index in [4.69, 9.17) is 0 Å². The largest absolute Gasteiger partial charge is 0.508 e. The lowest BCUT2D eigenvalue weighted by Crippen LogP contribution is -2.60. The first-order chi connectivity index (χ1) is 12.6. The molecule has 4 aliphatic rings. The molecule has 4 aliphatic carbocycles. The van der Waals surface area contributed by atoms with Gasteiger partial charge in [0.15, 0.2) is 5.82 Å². The quantitative estimate of drug-likeness (QED) is 0.676. The molecule has 6 rings (SSSR count). The van der Waals surface area contributed by atoms with E-state index in [1.807, 2.05) is 18.2 Å². The van der Waals surface area contributed by atoms with Crippen LogP contribution in [0.4, 0.5) is 10.6 Å². The van der Waals surface area contributed by atoms with Crippen molar-refractivity contribution in [3.63, 3.8) is 0 Å². The van der Waals surface area contributed by atoms with Crippen LogP contribution in [0, 0.1) is 17.8 Å². The van der Waals surface area contributed by atoms with Gasteiger partial charge < -0.3 is 10.4 Å². The number of carbonyl (C=O) groups is 1. The van der Waals surface area contributed by atoms with Gasteiger partial charge in [-0.2, -0.15) is 5.10 Å². The van der Waals surface area contributed by atoms with Gasteiger partial charge in [0.25, 0.3) is 0 Å². The van der Waals surface area contributed by atoms with Crippen LogP contribution in [0.15, 0.2) is 30.3 Å². The molecule has 2 amide bonds. The van der Waals surface area contributed by atoms with Crippen LogP contribution >= 0.6 is 0 Å². The molecule has 4 saturated carbocycles. The Morgan fingerprint density at radius 1 is 1.08 bits per heavy atom. The number of anilines is 1. The Bertz CT molecular complexity index is 791. The number of phenols is 1. The van der Waals surface area contributed by atoms with Crippen LogP contribution in [-0.2, 0) is 0 Å². The number of hydrogen-bond donors (Lipinski definition) is 4. The highest BCUT2D eigenvalue weighted by atomic mass is 16.3. The molecule has 0 saturated heterocycles. The van der Waals surface area contributed by atoms with E-state index in [1.54, 1.807) is 12.1 Å². The Balaban J connectivity index is 1.26. The molecule has 6 nitrogen and oxygen atoms in total. The number of nitrogens with zero attached hydrogens (tertiary/aromatic N) is 1.